The second kappa shape index (κ2) is 4.62. The van der Waals surface area contributed by atoms with E-state index in [2.05, 4.69) is 15.3 Å². The minimum atomic E-state index is -0.0659. The first-order chi connectivity index (χ1) is 8.84. The van der Waals surface area contributed by atoms with Crippen LogP contribution in [-0.4, -0.2) is 15.9 Å². The van der Waals surface area contributed by atoms with Gasteiger partial charge in [-0.3, -0.25) is 4.79 Å². The highest BCUT2D eigenvalue weighted by Gasteiger charge is 2.11. The van der Waals surface area contributed by atoms with Crippen molar-refractivity contribution in [3.8, 4) is 0 Å². The van der Waals surface area contributed by atoms with Gasteiger partial charge < -0.3 is 10.3 Å². The summed E-state index contributed by atoms with van der Waals surface area (Å²) in [5.74, 6) is 0.687. The van der Waals surface area contributed by atoms with Crippen LogP contribution in [0, 0.1) is 0 Å². The van der Waals surface area contributed by atoms with Gasteiger partial charge in [-0.15, -0.1) is 11.3 Å². The molecule has 5 heteroatoms. The maximum Gasteiger partial charge on any atom is 0.253 e. The van der Waals surface area contributed by atoms with E-state index >= 15 is 0 Å². The summed E-state index contributed by atoms with van der Waals surface area (Å²) < 4.78 is 1.13. The molecule has 0 spiro atoms. The van der Waals surface area contributed by atoms with Crippen LogP contribution in [0.1, 0.15) is 16.2 Å². The van der Waals surface area contributed by atoms with E-state index in [-0.39, 0.29) is 5.91 Å². The summed E-state index contributed by atoms with van der Waals surface area (Å²) in [6.45, 7) is 0.413. The molecular weight excluding hydrogens is 246 g/mol. The van der Waals surface area contributed by atoms with Crippen molar-refractivity contribution in [2.45, 2.75) is 6.54 Å². The Labute approximate surface area is 108 Å². The Morgan fingerprint density at radius 3 is 3.11 bits per heavy atom. The summed E-state index contributed by atoms with van der Waals surface area (Å²) in [4.78, 5) is 19.1. The zero-order chi connectivity index (χ0) is 12.4. The monoisotopic (exact) mass is 257 g/mol. The topological polar surface area (TPSA) is 57.8 Å². The van der Waals surface area contributed by atoms with Crippen LogP contribution in [0.5, 0.6) is 0 Å². The number of benzene rings is 1. The van der Waals surface area contributed by atoms with E-state index in [0.717, 1.165) is 21.5 Å². The van der Waals surface area contributed by atoms with Crippen molar-refractivity contribution >= 4 is 27.3 Å². The number of H-pyrrole nitrogens is 1. The van der Waals surface area contributed by atoms with Crippen LogP contribution in [0.15, 0.2) is 42.0 Å². The van der Waals surface area contributed by atoms with Crippen LogP contribution in [0.25, 0.3) is 10.1 Å². The van der Waals surface area contributed by atoms with E-state index < -0.39 is 0 Å². The number of aromatic nitrogens is 2. The van der Waals surface area contributed by atoms with E-state index in [0.29, 0.717) is 6.54 Å². The molecule has 0 atom stereocenters. The molecule has 2 aromatic heterocycles. The molecule has 4 nitrogen and oxygen atoms in total. The van der Waals surface area contributed by atoms with E-state index in [4.69, 9.17) is 0 Å². The average molecular weight is 257 g/mol. The standard InChI is InChI=1S/C13H11N3OS/c17-13(16-7-12-14-5-6-15-12)10-8-18-11-4-2-1-3-9(10)11/h1-6,8H,7H2,(H,14,15)(H,16,17). The van der Waals surface area contributed by atoms with Crippen LogP contribution < -0.4 is 5.32 Å². The number of hydrogen-bond donors (Lipinski definition) is 2. The fourth-order valence-corrected chi connectivity index (χ4v) is 2.75. The number of carbonyl (C=O) groups excluding carboxylic acids is 1. The molecule has 3 rings (SSSR count). The van der Waals surface area contributed by atoms with Crippen LogP contribution in [0.4, 0.5) is 0 Å². The maximum atomic E-state index is 12.1. The Kier molecular flexibility index (Phi) is 2.82. The number of nitrogens with one attached hydrogen (secondary N) is 2. The van der Waals surface area contributed by atoms with Crippen LogP contribution >= 0.6 is 11.3 Å². The molecule has 0 bridgehead atoms. The van der Waals surface area contributed by atoms with Gasteiger partial charge in [0, 0.05) is 27.9 Å². The van der Waals surface area contributed by atoms with Crippen molar-refractivity contribution in [2.75, 3.05) is 0 Å². The molecule has 0 aliphatic heterocycles. The van der Waals surface area contributed by atoms with Gasteiger partial charge in [0.15, 0.2) is 0 Å². The normalized spacial score (nSPS) is 10.7. The number of rotatable bonds is 3. The van der Waals surface area contributed by atoms with Crippen molar-refractivity contribution in [2.24, 2.45) is 0 Å². The predicted molar refractivity (Wildman–Crippen MR) is 71.6 cm³/mol. The van der Waals surface area contributed by atoms with E-state index in [1.54, 1.807) is 23.7 Å². The third kappa shape index (κ3) is 2.00. The smallest absolute Gasteiger partial charge is 0.253 e. The Morgan fingerprint density at radius 1 is 1.39 bits per heavy atom. The third-order valence-corrected chi connectivity index (χ3v) is 3.66. The number of imidazole rings is 1. The lowest BCUT2D eigenvalue weighted by Crippen LogP contribution is -2.23. The average Bonchev–Trinajstić information content (AvgIpc) is 3.05. The largest absolute Gasteiger partial charge is 0.347 e. The van der Waals surface area contributed by atoms with Crippen LogP contribution in [0.3, 0.4) is 0 Å². The van der Waals surface area contributed by atoms with Gasteiger partial charge in [0.2, 0.25) is 0 Å². The summed E-state index contributed by atoms with van der Waals surface area (Å²) >= 11 is 1.58. The first kappa shape index (κ1) is 11.0. The number of thiophene rings is 1. The molecule has 0 fully saturated rings. The summed E-state index contributed by atoms with van der Waals surface area (Å²) in [5, 5.41) is 5.74. The molecular formula is C13H11N3OS. The third-order valence-electron chi connectivity index (χ3n) is 2.70. The molecule has 0 aliphatic carbocycles. The lowest BCUT2D eigenvalue weighted by atomic mass is 10.1. The molecule has 0 saturated heterocycles. The van der Waals surface area contributed by atoms with Gasteiger partial charge in [0.05, 0.1) is 12.1 Å². The molecule has 2 N–H and O–H groups in total. The Balaban J connectivity index is 1.80. The summed E-state index contributed by atoms with van der Waals surface area (Å²) in [6, 6.07) is 7.90. The number of nitrogens with zero attached hydrogens (tertiary/aromatic N) is 1. The molecule has 2 heterocycles. The van der Waals surface area contributed by atoms with Gasteiger partial charge in [0.1, 0.15) is 5.82 Å². The number of hydrogen-bond acceptors (Lipinski definition) is 3. The van der Waals surface area contributed by atoms with Crippen molar-refractivity contribution in [3.05, 3.63) is 53.4 Å². The van der Waals surface area contributed by atoms with Gasteiger partial charge >= 0.3 is 0 Å². The summed E-state index contributed by atoms with van der Waals surface area (Å²) in [7, 11) is 0. The second-order valence-electron chi connectivity index (χ2n) is 3.86. The van der Waals surface area contributed by atoms with Crippen LogP contribution in [-0.2, 0) is 6.54 Å². The van der Waals surface area contributed by atoms with Gasteiger partial charge in [-0.2, -0.15) is 0 Å². The van der Waals surface area contributed by atoms with Crippen molar-refractivity contribution in [3.63, 3.8) is 0 Å². The Morgan fingerprint density at radius 2 is 2.28 bits per heavy atom. The second-order valence-corrected chi connectivity index (χ2v) is 4.78. The molecule has 0 unspecified atom stereocenters. The Hall–Kier alpha value is -2.14. The molecule has 90 valence electrons. The maximum absolute atomic E-state index is 12.1. The number of amides is 1. The first-order valence-electron chi connectivity index (χ1n) is 5.57. The van der Waals surface area contributed by atoms with Crippen molar-refractivity contribution < 1.29 is 4.79 Å². The molecule has 0 aliphatic rings. The zero-order valence-electron chi connectivity index (χ0n) is 9.51. The predicted octanol–water partition coefficient (Wildman–Crippen LogP) is 2.55. The fourth-order valence-electron chi connectivity index (χ4n) is 1.81. The van der Waals surface area contributed by atoms with Gasteiger partial charge in [-0.1, -0.05) is 18.2 Å². The molecule has 3 aromatic rings. The fraction of sp³-hybridized carbons (Fsp3) is 0.0769. The van der Waals surface area contributed by atoms with Crippen molar-refractivity contribution in [1.82, 2.24) is 15.3 Å². The van der Waals surface area contributed by atoms with E-state index in [9.17, 15) is 4.79 Å². The van der Waals surface area contributed by atoms with E-state index in [1.807, 2.05) is 29.6 Å². The molecule has 1 aromatic carbocycles. The van der Waals surface area contributed by atoms with Crippen LogP contribution in [0.2, 0.25) is 0 Å². The summed E-state index contributed by atoms with van der Waals surface area (Å²) in [5.41, 5.74) is 0.724. The zero-order valence-corrected chi connectivity index (χ0v) is 10.3. The van der Waals surface area contributed by atoms with Gasteiger partial charge in [-0.05, 0) is 6.07 Å². The highest BCUT2D eigenvalue weighted by Crippen LogP contribution is 2.25. The molecule has 0 radical (unpaired) electrons. The SMILES string of the molecule is O=C(NCc1ncc[nH]1)c1csc2ccccc12. The summed E-state index contributed by atoms with van der Waals surface area (Å²) in [6.07, 6.45) is 3.41. The lowest BCUT2D eigenvalue weighted by Gasteiger charge is -2.02. The highest BCUT2D eigenvalue weighted by atomic mass is 32.1. The quantitative estimate of drug-likeness (QED) is 0.757. The van der Waals surface area contributed by atoms with Crippen molar-refractivity contribution in [1.29, 1.82) is 0 Å². The molecule has 18 heavy (non-hydrogen) atoms. The van der Waals surface area contributed by atoms with E-state index in [1.165, 1.54) is 0 Å². The number of fused-ring (bicyclic) bond motifs is 1. The Bertz CT molecular complexity index is 672. The molecule has 1 amide bonds. The highest BCUT2D eigenvalue weighted by molar-refractivity contribution is 7.17. The first-order valence-corrected chi connectivity index (χ1v) is 6.45. The minimum absolute atomic E-state index is 0.0659. The van der Waals surface area contributed by atoms with Gasteiger partial charge in [-0.25, -0.2) is 4.98 Å². The number of aromatic amines is 1. The number of carbonyl (C=O) groups is 1. The lowest BCUT2D eigenvalue weighted by molar-refractivity contribution is 0.0952. The van der Waals surface area contributed by atoms with Gasteiger partial charge in [0.25, 0.3) is 5.91 Å². The molecule has 0 saturated carbocycles. The minimum Gasteiger partial charge on any atom is -0.347 e.